The normalized spacial score (nSPS) is 25.1. The number of carboxylic acids is 1. The molecule has 1 aliphatic carbocycles. The molecule has 0 bridgehead atoms. The molecule has 1 rings (SSSR count). The van der Waals surface area contributed by atoms with Crippen LogP contribution in [0.5, 0.6) is 0 Å². The van der Waals surface area contributed by atoms with Gasteiger partial charge >= 0.3 is 27.3 Å². The molecular weight excluding hydrogens is 314 g/mol. The van der Waals surface area contributed by atoms with Crippen molar-refractivity contribution in [3.63, 3.8) is 0 Å². The van der Waals surface area contributed by atoms with Gasteiger partial charge in [-0.2, -0.15) is 17.2 Å². The smallest absolute Gasteiger partial charge is 0.405 e. The van der Waals surface area contributed by atoms with Crippen molar-refractivity contribution in [3.05, 3.63) is 0 Å². The molecule has 1 fully saturated rings. The Morgan fingerprint density at radius 2 is 1.71 bits per heavy atom. The molecule has 21 heavy (non-hydrogen) atoms. The number of rotatable bonds is 5. The molecular formula is C11H16F2O7S. The minimum absolute atomic E-state index is 0.167. The highest BCUT2D eigenvalue weighted by molar-refractivity contribution is 7.86. The molecule has 7 nitrogen and oxygen atoms in total. The van der Waals surface area contributed by atoms with E-state index in [1.54, 1.807) is 0 Å². The van der Waals surface area contributed by atoms with E-state index in [0.717, 1.165) is 0 Å². The number of carbonyl (C=O) groups is 2. The summed E-state index contributed by atoms with van der Waals surface area (Å²) < 4.78 is 60.4. The molecule has 1 aliphatic rings. The number of hydrogen-bond acceptors (Lipinski definition) is 5. The molecule has 3 unspecified atom stereocenters. The van der Waals surface area contributed by atoms with E-state index in [4.69, 9.17) is 9.66 Å². The van der Waals surface area contributed by atoms with Gasteiger partial charge in [0.2, 0.25) is 0 Å². The lowest BCUT2D eigenvalue weighted by molar-refractivity contribution is -0.171. The molecule has 0 spiro atoms. The number of carboxylic acid groups (broad SMARTS) is 1. The predicted octanol–water partition coefficient (Wildman–Crippen LogP) is 1.29. The second-order valence-electron chi connectivity index (χ2n) is 4.95. The van der Waals surface area contributed by atoms with Gasteiger partial charge in [0.25, 0.3) is 0 Å². The highest BCUT2D eigenvalue weighted by Crippen LogP contribution is 2.33. The van der Waals surface area contributed by atoms with Gasteiger partial charge in [-0.3, -0.25) is 14.1 Å². The van der Waals surface area contributed by atoms with Crippen LogP contribution in [0.15, 0.2) is 0 Å². The van der Waals surface area contributed by atoms with Crippen LogP contribution < -0.4 is 0 Å². The number of carbonyl (C=O) groups excluding carboxylic acids is 1. The van der Waals surface area contributed by atoms with Crippen LogP contribution in [-0.2, 0) is 24.4 Å². The molecule has 0 aromatic rings. The molecule has 0 amide bonds. The summed E-state index contributed by atoms with van der Waals surface area (Å²) in [6, 6.07) is 0. The van der Waals surface area contributed by atoms with Gasteiger partial charge in [0, 0.05) is 0 Å². The van der Waals surface area contributed by atoms with Gasteiger partial charge in [0.1, 0.15) is 0 Å². The fourth-order valence-electron chi connectivity index (χ4n) is 2.25. The Labute approximate surface area is 120 Å². The zero-order valence-electron chi connectivity index (χ0n) is 11.2. The maximum Gasteiger partial charge on any atom is 0.405 e. The van der Waals surface area contributed by atoms with E-state index < -0.39 is 45.3 Å². The third-order valence-corrected chi connectivity index (χ3v) is 4.52. The summed E-state index contributed by atoms with van der Waals surface area (Å²) in [7, 11) is -5.73. The SMILES string of the molecule is CC(OC(=O)C1CCCCC1C(=O)O)C(F)(F)S(=O)(=O)O. The summed E-state index contributed by atoms with van der Waals surface area (Å²) in [5.74, 6) is -4.57. The number of alkyl halides is 2. The van der Waals surface area contributed by atoms with Crippen molar-refractivity contribution in [1.82, 2.24) is 0 Å². The monoisotopic (exact) mass is 330 g/mol. The van der Waals surface area contributed by atoms with E-state index in [2.05, 4.69) is 4.74 Å². The summed E-state index contributed by atoms with van der Waals surface area (Å²) in [5, 5.41) is 4.33. The highest BCUT2D eigenvalue weighted by atomic mass is 32.2. The molecule has 0 aromatic heterocycles. The van der Waals surface area contributed by atoms with E-state index >= 15 is 0 Å². The van der Waals surface area contributed by atoms with Crippen molar-refractivity contribution in [3.8, 4) is 0 Å². The predicted molar refractivity (Wildman–Crippen MR) is 65.1 cm³/mol. The number of halogens is 2. The topological polar surface area (TPSA) is 118 Å². The van der Waals surface area contributed by atoms with Crippen molar-refractivity contribution in [2.24, 2.45) is 11.8 Å². The lowest BCUT2D eigenvalue weighted by Crippen LogP contribution is -2.44. The molecule has 2 N–H and O–H groups in total. The Bertz CT molecular complexity index is 517. The van der Waals surface area contributed by atoms with E-state index in [9.17, 15) is 26.8 Å². The van der Waals surface area contributed by atoms with Crippen molar-refractivity contribution in [2.75, 3.05) is 0 Å². The zero-order valence-corrected chi connectivity index (χ0v) is 12.0. The van der Waals surface area contributed by atoms with Crippen molar-refractivity contribution in [1.29, 1.82) is 0 Å². The summed E-state index contributed by atoms with van der Waals surface area (Å²) in [6.07, 6.45) is -0.890. The van der Waals surface area contributed by atoms with Gasteiger partial charge < -0.3 is 9.84 Å². The molecule has 0 heterocycles. The van der Waals surface area contributed by atoms with Gasteiger partial charge in [0.15, 0.2) is 6.10 Å². The maximum atomic E-state index is 13.3. The molecule has 10 heteroatoms. The van der Waals surface area contributed by atoms with Gasteiger partial charge in [-0.25, -0.2) is 0 Å². The van der Waals surface area contributed by atoms with Crippen LogP contribution in [0.2, 0.25) is 0 Å². The first-order valence-corrected chi connectivity index (χ1v) is 7.70. The number of esters is 1. The second kappa shape index (κ2) is 6.22. The Kier molecular flexibility index (Phi) is 5.26. The number of hydrogen-bond donors (Lipinski definition) is 2. The number of aliphatic carboxylic acids is 1. The van der Waals surface area contributed by atoms with Crippen LogP contribution in [-0.4, -0.2) is 41.4 Å². The maximum absolute atomic E-state index is 13.3. The Hall–Kier alpha value is -1.29. The van der Waals surface area contributed by atoms with E-state index in [-0.39, 0.29) is 12.8 Å². The van der Waals surface area contributed by atoms with Crippen molar-refractivity contribution < 1.29 is 41.2 Å². The summed E-state index contributed by atoms with van der Waals surface area (Å²) in [4.78, 5) is 22.8. The quantitative estimate of drug-likeness (QED) is 0.576. The lowest BCUT2D eigenvalue weighted by Gasteiger charge is -2.29. The van der Waals surface area contributed by atoms with Crippen LogP contribution in [0.3, 0.4) is 0 Å². The third kappa shape index (κ3) is 3.88. The average molecular weight is 330 g/mol. The number of ether oxygens (including phenoxy) is 1. The standard InChI is InChI=1S/C11H16F2O7S/c1-6(11(12,13)21(17,18)19)20-10(16)8-5-3-2-4-7(8)9(14)15/h6-8H,2-5H2,1H3,(H,14,15)(H,17,18,19). The van der Waals surface area contributed by atoms with E-state index in [0.29, 0.717) is 19.8 Å². The van der Waals surface area contributed by atoms with Gasteiger partial charge in [-0.15, -0.1) is 0 Å². The fraction of sp³-hybridized carbons (Fsp3) is 0.818. The molecule has 1 saturated carbocycles. The largest absolute Gasteiger partial charge is 0.481 e. The molecule has 0 aromatic carbocycles. The van der Waals surface area contributed by atoms with Crippen molar-refractivity contribution >= 4 is 22.1 Å². The molecule has 0 saturated heterocycles. The highest BCUT2D eigenvalue weighted by Gasteiger charge is 2.52. The first-order valence-electron chi connectivity index (χ1n) is 6.26. The van der Waals surface area contributed by atoms with Gasteiger partial charge in [-0.05, 0) is 19.8 Å². The van der Waals surface area contributed by atoms with Gasteiger partial charge in [-0.1, -0.05) is 12.8 Å². The Balaban J connectivity index is 2.82. The van der Waals surface area contributed by atoms with Crippen LogP contribution in [0.25, 0.3) is 0 Å². The van der Waals surface area contributed by atoms with Crippen molar-refractivity contribution in [2.45, 2.75) is 44.0 Å². The van der Waals surface area contributed by atoms with E-state index in [1.165, 1.54) is 0 Å². The summed E-state index contributed by atoms with van der Waals surface area (Å²) >= 11 is 0. The van der Waals surface area contributed by atoms with Crippen LogP contribution >= 0.6 is 0 Å². The Morgan fingerprint density at radius 1 is 1.24 bits per heavy atom. The minimum Gasteiger partial charge on any atom is -0.481 e. The fourth-order valence-corrected chi connectivity index (χ4v) is 2.72. The molecule has 0 radical (unpaired) electrons. The van der Waals surface area contributed by atoms with Crippen LogP contribution in [0.4, 0.5) is 8.78 Å². The van der Waals surface area contributed by atoms with Crippen LogP contribution in [0.1, 0.15) is 32.6 Å². The lowest BCUT2D eigenvalue weighted by atomic mass is 9.79. The van der Waals surface area contributed by atoms with Crippen LogP contribution in [0, 0.1) is 11.8 Å². The Morgan fingerprint density at radius 3 is 2.14 bits per heavy atom. The molecule has 3 atom stereocenters. The molecule has 122 valence electrons. The minimum atomic E-state index is -5.73. The third-order valence-electron chi connectivity index (χ3n) is 3.50. The van der Waals surface area contributed by atoms with Gasteiger partial charge in [0.05, 0.1) is 11.8 Å². The first-order chi connectivity index (χ1) is 9.48. The summed E-state index contributed by atoms with van der Waals surface area (Å²) in [5.41, 5.74) is 0. The average Bonchev–Trinajstić information content (AvgIpc) is 2.37. The second-order valence-corrected chi connectivity index (χ2v) is 6.45. The zero-order chi connectivity index (χ0) is 16.4. The first kappa shape index (κ1) is 17.8. The molecule has 0 aliphatic heterocycles. The summed E-state index contributed by atoms with van der Waals surface area (Å²) in [6.45, 7) is 0.615. The van der Waals surface area contributed by atoms with E-state index in [1.807, 2.05) is 0 Å².